The second-order valence-corrected chi connectivity index (χ2v) is 14.9. The van der Waals surface area contributed by atoms with E-state index in [4.69, 9.17) is 24.3 Å². The first-order valence-corrected chi connectivity index (χ1v) is 22.3. The third-order valence-corrected chi connectivity index (χ3v) is 9.37. The van der Waals surface area contributed by atoms with E-state index in [0.717, 1.165) is 83.5 Å². The van der Waals surface area contributed by atoms with Gasteiger partial charge in [0.2, 0.25) is 0 Å². The van der Waals surface area contributed by atoms with Gasteiger partial charge in [0.15, 0.2) is 6.10 Å². The van der Waals surface area contributed by atoms with Gasteiger partial charge in [0.05, 0.1) is 13.2 Å². The van der Waals surface area contributed by atoms with Crippen molar-refractivity contribution in [3.8, 4) is 0 Å². The van der Waals surface area contributed by atoms with Gasteiger partial charge in [0, 0.05) is 19.4 Å². The maximum atomic E-state index is 12.6. The maximum absolute atomic E-state index is 12.6. The van der Waals surface area contributed by atoms with Crippen molar-refractivity contribution >= 4 is 19.8 Å². The van der Waals surface area contributed by atoms with Crippen LogP contribution in [0.3, 0.4) is 0 Å². The molecule has 0 heterocycles. The van der Waals surface area contributed by atoms with Crippen LogP contribution in [0.2, 0.25) is 0 Å². The number of phosphoric ester groups is 1. The number of esters is 2. The van der Waals surface area contributed by atoms with Crippen LogP contribution in [0, 0.1) is 0 Å². The molecular weight excluding hydrogens is 689 g/mol. The van der Waals surface area contributed by atoms with Gasteiger partial charge in [0.1, 0.15) is 6.61 Å². The van der Waals surface area contributed by atoms with E-state index in [0.29, 0.717) is 12.8 Å². The molecule has 0 aromatic rings. The minimum Gasteiger partial charge on any atom is -0.462 e. The topological polar surface area (TPSA) is 134 Å². The van der Waals surface area contributed by atoms with Crippen LogP contribution in [0.1, 0.15) is 168 Å². The number of ether oxygens (including phenoxy) is 2. The molecule has 0 saturated carbocycles. The van der Waals surface area contributed by atoms with E-state index in [1.165, 1.54) is 44.9 Å². The van der Waals surface area contributed by atoms with Gasteiger partial charge in [-0.25, -0.2) is 4.57 Å². The van der Waals surface area contributed by atoms with Crippen molar-refractivity contribution in [2.75, 3.05) is 26.4 Å². The number of hydrogen-bond donors (Lipinski definition) is 2. The molecule has 3 N–H and O–H groups in total. The minimum absolute atomic E-state index is 0.0460. The maximum Gasteiger partial charge on any atom is 0.472 e. The lowest BCUT2D eigenvalue weighted by Crippen LogP contribution is -2.29. The summed E-state index contributed by atoms with van der Waals surface area (Å²) in [6.45, 7) is 3.56. The predicted molar refractivity (Wildman–Crippen MR) is 219 cm³/mol. The lowest BCUT2D eigenvalue weighted by atomic mass is 10.1. The SMILES string of the molecule is CCC=CCC=CCC=CCC=CCCCCCCC(=O)OCC(COP(=O)(O)OCCN)OC(=O)CCCCCCCC=CCCCCCCCC. The highest BCUT2D eigenvalue weighted by atomic mass is 31.2. The molecule has 0 aliphatic heterocycles. The minimum atomic E-state index is -4.38. The summed E-state index contributed by atoms with van der Waals surface area (Å²) >= 11 is 0. The Balaban J connectivity index is 4.25. The molecule has 9 nitrogen and oxygen atoms in total. The quantitative estimate of drug-likeness (QED) is 0.0272. The van der Waals surface area contributed by atoms with E-state index < -0.39 is 32.5 Å². The monoisotopic (exact) mass is 766 g/mol. The molecular formula is C43H76NO8P. The van der Waals surface area contributed by atoms with Gasteiger partial charge in [-0.15, -0.1) is 0 Å². The molecule has 0 aliphatic rings. The molecule has 0 saturated heterocycles. The standard InChI is InChI=1S/C43H76NO8P/c1-3-5-7-9-11-13-15-17-19-20-22-23-25-27-29-31-33-35-42(45)49-39-41(40-51-53(47,48)50-38-37-44)52-43(46)36-34-32-30-28-26-24-21-18-16-14-12-10-8-6-4-2/h5,7,11,13,17-19,21-23,41H,3-4,6,8-10,12,14-16,20,24-40,44H2,1-2H3,(H,47,48). The first-order valence-electron chi connectivity index (χ1n) is 20.8. The van der Waals surface area contributed by atoms with E-state index >= 15 is 0 Å². The number of carbonyl (C=O) groups excluding carboxylic acids is 2. The van der Waals surface area contributed by atoms with Crippen LogP contribution in [0.4, 0.5) is 0 Å². The van der Waals surface area contributed by atoms with E-state index in [1.54, 1.807) is 0 Å². The third-order valence-electron chi connectivity index (χ3n) is 8.39. The molecule has 0 amide bonds. The number of phosphoric acid groups is 1. The molecule has 306 valence electrons. The van der Waals surface area contributed by atoms with E-state index in [1.807, 2.05) is 0 Å². The average Bonchev–Trinajstić information content (AvgIpc) is 3.14. The van der Waals surface area contributed by atoms with Crippen LogP contribution in [0.25, 0.3) is 0 Å². The highest BCUT2D eigenvalue weighted by molar-refractivity contribution is 7.47. The van der Waals surface area contributed by atoms with Gasteiger partial charge in [-0.3, -0.25) is 18.6 Å². The Labute approximate surface area is 323 Å². The van der Waals surface area contributed by atoms with Crippen LogP contribution in [-0.4, -0.2) is 49.3 Å². The summed E-state index contributed by atoms with van der Waals surface area (Å²) in [6, 6.07) is 0. The summed E-state index contributed by atoms with van der Waals surface area (Å²) in [4.78, 5) is 34.8. The Morgan fingerprint density at radius 2 is 1.04 bits per heavy atom. The van der Waals surface area contributed by atoms with Crippen molar-refractivity contribution in [2.24, 2.45) is 5.73 Å². The summed E-state index contributed by atoms with van der Waals surface area (Å²) in [5.74, 6) is -0.870. The summed E-state index contributed by atoms with van der Waals surface area (Å²) in [5, 5.41) is 0. The Morgan fingerprint density at radius 1 is 0.585 bits per heavy atom. The molecule has 0 aromatic carbocycles. The zero-order chi connectivity index (χ0) is 38.9. The number of rotatable bonds is 38. The number of allylic oxidation sites excluding steroid dienone is 10. The summed E-state index contributed by atoms with van der Waals surface area (Å²) < 4.78 is 32.7. The highest BCUT2D eigenvalue weighted by Gasteiger charge is 2.25. The summed E-state index contributed by atoms with van der Waals surface area (Å²) in [7, 11) is -4.38. The van der Waals surface area contributed by atoms with Crippen molar-refractivity contribution in [3.05, 3.63) is 60.8 Å². The largest absolute Gasteiger partial charge is 0.472 e. The van der Waals surface area contributed by atoms with E-state index in [9.17, 15) is 19.0 Å². The molecule has 0 radical (unpaired) electrons. The molecule has 2 unspecified atom stereocenters. The van der Waals surface area contributed by atoms with E-state index in [2.05, 4.69) is 74.6 Å². The molecule has 0 aromatic heterocycles. The van der Waals surface area contributed by atoms with Crippen molar-refractivity contribution in [2.45, 2.75) is 174 Å². The van der Waals surface area contributed by atoms with Crippen molar-refractivity contribution in [1.29, 1.82) is 0 Å². The van der Waals surface area contributed by atoms with Crippen LogP contribution in [0.5, 0.6) is 0 Å². The number of carbonyl (C=O) groups is 2. The number of unbranched alkanes of at least 4 members (excludes halogenated alkanes) is 15. The molecule has 10 heteroatoms. The number of nitrogens with two attached hydrogens (primary N) is 1. The normalized spacial score (nSPS) is 14.0. The Hall–Kier alpha value is -2.29. The molecule has 0 fully saturated rings. The summed E-state index contributed by atoms with van der Waals surface area (Å²) in [5.41, 5.74) is 5.34. The van der Waals surface area contributed by atoms with Crippen molar-refractivity contribution in [3.63, 3.8) is 0 Å². The molecule has 53 heavy (non-hydrogen) atoms. The zero-order valence-corrected chi connectivity index (χ0v) is 34.4. The summed E-state index contributed by atoms with van der Waals surface area (Å²) in [6.07, 6.45) is 45.3. The predicted octanol–water partition coefficient (Wildman–Crippen LogP) is 11.7. The fourth-order valence-electron chi connectivity index (χ4n) is 5.32. The van der Waals surface area contributed by atoms with Gasteiger partial charge in [-0.1, -0.05) is 139 Å². The molecule has 0 bridgehead atoms. The number of hydrogen-bond acceptors (Lipinski definition) is 8. The van der Waals surface area contributed by atoms with Gasteiger partial charge in [0.25, 0.3) is 0 Å². The van der Waals surface area contributed by atoms with E-state index in [-0.39, 0.29) is 32.6 Å². The molecule has 0 spiro atoms. The van der Waals surface area contributed by atoms with Crippen LogP contribution >= 0.6 is 7.82 Å². The van der Waals surface area contributed by atoms with Gasteiger partial charge in [-0.2, -0.15) is 0 Å². The first kappa shape index (κ1) is 50.7. The Bertz CT molecular complexity index is 1050. The molecule has 0 aliphatic carbocycles. The smallest absolute Gasteiger partial charge is 0.462 e. The zero-order valence-electron chi connectivity index (χ0n) is 33.5. The lowest BCUT2D eigenvalue weighted by Gasteiger charge is -2.19. The fourth-order valence-corrected chi connectivity index (χ4v) is 6.09. The fraction of sp³-hybridized carbons (Fsp3) is 0.721. The molecule has 2 atom stereocenters. The highest BCUT2D eigenvalue weighted by Crippen LogP contribution is 2.43. The average molecular weight is 766 g/mol. The van der Waals surface area contributed by atoms with Crippen molar-refractivity contribution in [1.82, 2.24) is 0 Å². The van der Waals surface area contributed by atoms with Crippen LogP contribution in [0.15, 0.2) is 60.8 Å². The Morgan fingerprint density at radius 3 is 1.57 bits per heavy atom. The first-order chi connectivity index (χ1) is 25.8. The van der Waals surface area contributed by atoms with Gasteiger partial charge in [-0.05, 0) is 77.0 Å². The lowest BCUT2D eigenvalue weighted by molar-refractivity contribution is -0.161. The van der Waals surface area contributed by atoms with Crippen LogP contribution < -0.4 is 5.73 Å². The van der Waals surface area contributed by atoms with Crippen LogP contribution in [-0.2, 0) is 32.7 Å². The van der Waals surface area contributed by atoms with Gasteiger partial charge < -0.3 is 20.1 Å². The third kappa shape index (κ3) is 39.2. The molecule has 0 rings (SSSR count). The second kappa shape index (κ2) is 39.4. The van der Waals surface area contributed by atoms with Gasteiger partial charge >= 0.3 is 19.8 Å². The second-order valence-electron chi connectivity index (χ2n) is 13.5. The Kier molecular flexibility index (Phi) is 37.7. The van der Waals surface area contributed by atoms with Crippen molar-refractivity contribution < 1.29 is 37.6 Å².